The van der Waals surface area contributed by atoms with Crippen LogP contribution < -0.4 is 5.32 Å². The summed E-state index contributed by atoms with van der Waals surface area (Å²) in [5, 5.41) is 12.1. The second-order valence-corrected chi connectivity index (χ2v) is 3.46. The number of hydrogen-bond donors (Lipinski definition) is 2. The monoisotopic (exact) mass is 217 g/mol. The van der Waals surface area contributed by atoms with Crippen LogP contribution in [0.2, 0.25) is 0 Å². The van der Waals surface area contributed by atoms with Crippen LogP contribution >= 0.6 is 0 Å². The molecule has 2 N–H and O–H groups in total. The van der Waals surface area contributed by atoms with E-state index < -0.39 is 5.97 Å². The summed E-state index contributed by atoms with van der Waals surface area (Å²) in [6, 6.07) is 5.24. The minimum Gasteiger partial charge on any atom is -0.478 e. The van der Waals surface area contributed by atoms with Crippen molar-refractivity contribution in [3.63, 3.8) is 0 Å². The summed E-state index contributed by atoms with van der Waals surface area (Å²) in [6.45, 7) is 4.38. The van der Waals surface area contributed by atoms with Gasteiger partial charge in [0.25, 0.3) is 0 Å². The average molecular weight is 217 g/mol. The number of aromatic carboxylic acids is 1. The molecule has 0 spiro atoms. The van der Waals surface area contributed by atoms with Crippen molar-refractivity contribution in [2.24, 2.45) is 0 Å². The van der Waals surface area contributed by atoms with Crippen molar-refractivity contribution < 1.29 is 9.90 Å². The highest BCUT2D eigenvalue weighted by molar-refractivity contribution is 5.94. The van der Waals surface area contributed by atoms with Gasteiger partial charge in [0.2, 0.25) is 0 Å². The smallest absolute Gasteiger partial charge is 0.337 e. The van der Waals surface area contributed by atoms with Gasteiger partial charge in [-0.25, -0.2) is 4.79 Å². The largest absolute Gasteiger partial charge is 0.478 e. The molecule has 0 unspecified atom stereocenters. The van der Waals surface area contributed by atoms with Crippen LogP contribution in [0.5, 0.6) is 0 Å². The van der Waals surface area contributed by atoms with Gasteiger partial charge in [-0.3, -0.25) is 0 Å². The summed E-state index contributed by atoms with van der Waals surface area (Å²) in [5.74, 6) is 4.81. The predicted molar refractivity (Wildman–Crippen MR) is 64.7 cm³/mol. The number of nitrogens with one attached hydrogen (secondary N) is 1. The molecule has 0 aliphatic heterocycles. The number of anilines is 1. The third kappa shape index (κ3) is 3.32. The SMILES string of the molecule is CC#CCCNc1cc(C)ccc1C(=O)O. The van der Waals surface area contributed by atoms with Crippen LogP contribution in [0.4, 0.5) is 5.69 Å². The lowest BCUT2D eigenvalue weighted by molar-refractivity contribution is 0.0698. The molecule has 0 atom stereocenters. The van der Waals surface area contributed by atoms with Gasteiger partial charge in [0.1, 0.15) is 0 Å². The summed E-state index contributed by atoms with van der Waals surface area (Å²) in [6.07, 6.45) is 0.712. The number of aryl methyl sites for hydroxylation is 1. The van der Waals surface area contributed by atoms with Crippen LogP contribution in [0.3, 0.4) is 0 Å². The fourth-order valence-electron chi connectivity index (χ4n) is 1.38. The first-order valence-corrected chi connectivity index (χ1v) is 5.12. The second-order valence-electron chi connectivity index (χ2n) is 3.46. The van der Waals surface area contributed by atoms with E-state index in [4.69, 9.17) is 5.11 Å². The molecule has 0 aliphatic carbocycles. The van der Waals surface area contributed by atoms with Crippen LogP contribution in [-0.2, 0) is 0 Å². The topological polar surface area (TPSA) is 49.3 Å². The Morgan fingerprint density at radius 1 is 1.50 bits per heavy atom. The zero-order valence-electron chi connectivity index (χ0n) is 9.50. The van der Waals surface area contributed by atoms with Crippen LogP contribution in [0.15, 0.2) is 18.2 Å². The van der Waals surface area contributed by atoms with E-state index in [1.54, 1.807) is 19.1 Å². The molecule has 1 aromatic rings. The first-order chi connectivity index (χ1) is 7.65. The molecule has 0 aliphatic rings. The molecule has 3 nitrogen and oxygen atoms in total. The number of rotatable bonds is 4. The van der Waals surface area contributed by atoms with E-state index in [-0.39, 0.29) is 0 Å². The lowest BCUT2D eigenvalue weighted by Crippen LogP contribution is -2.07. The van der Waals surface area contributed by atoms with E-state index in [0.717, 1.165) is 5.56 Å². The molecule has 0 fully saturated rings. The van der Waals surface area contributed by atoms with Crippen LogP contribution in [0.1, 0.15) is 29.3 Å². The normalized spacial score (nSPS) is 9.12. The van der Waals surface area contributed by atoms with Crippen molar-refractivity contribution in [3.8, 4) is 11.8 Å². The van der Waals surface area contributed by atoms with E-state index in [1.807, 2.05) is 13.0 Å². The van der Waals surface area contributed by atoms with Crippen molar-refractivity contribution in [3.05, 3.63) is 29.3 Å². The van der Waals surface area contributed by atoms with Crippen molar-refractivity contribution in [2.75, 3.05) is 11.9 Å². The van der Waals surface area contributed by atoms with Crippen LogP contribution in [-0.4, -0.2) is 17.6 Å². The molecule has 3 heteroatoms. The molecular weight excluding hydrogens is 202 g/mol. The fraction of sp³-hybridized carbons (Fsp3) is 0.308. The number of benzene rings is 1. The highest BCUT2D eigenvalue weighted by Crippen LogP contribution is 2.17. The molecular formula is C13H15NO2. The molecule has 0 amide bonds. The van der Waals surface area contributed by atoms with Crippen LogP contribution in [0, 0.1) is 18.8 Å². The van der Waals surface area contributed by atoms with E-state index >= 15 is 0 Å². The second kappa shape index (κ2) is 5.82. The van der Waals surface area contributed by atoms with Gasteiger partial charge in [0, 0.05) is 18.7 Å². The predicted octanol–water partition coefficient (Wildman–Crippen LogP) is 2.52. The standard InChI is InChI=1S/C13H15NO2/c1-3-4-5-8-14-12-9-10(2)6-7-11(12)13(15)16/h6-7,9,14H,5,8H2,1-2H3,(H,15,16). The van der Waals surface area contributed by atoms with Gasteiger partial charge in [-0.15, -0.1) is 11.8 Å². The van der Waals surface area contributed by atoms with E-state index in [2.05, 4.69) is 17.2 Å². The Kier molecular flexibility index (Phi) is 4.41. The summed E-state index contributed by atoms with van der Waals surface area (Å²) in [7, 11) is 0. The Hall–Kier alpha value is -1.95. The molecule has 84 valence electrons. The zero-order valence-corrected chi connectivity index (χ0v) is 9.50. The first-order valence-electron chi connectivity index (χ1n) is 5.12. The van der Waals surface area contributed by atoms with Crippen molar-refractivity contribution in [2.45, 2.75) is 20.3 Å². The van der Waals surface area contributed by atoms with Crippen LogP contribution in [0.25, 0.3) is 0 Å². The van der Waals surface area contributed by atoms with E-state index in [9.17, 15) is 4.79 Å². The highest BCUT2D eigenvalue weighted by atomic mass is 16.4. The minimum atomic E-state index is -0.913. The Bertz CT molecular complexity index is 441. The zero-order chi connectivity index (χ0) is 12.0. The molecule has 0 heterocycles. The quantitative estimate of drug-likeness (QED) is 0.602. The van der Waals surface area contributed by atoms with E-state index in [0.29, 0.717) is 24.2 Å². The van der Waals surface area contributed by atoms with Gasteiger partial charge < -0.3 is 10.4 Å². The molecule has 16 heavy (non-hydrogen) atoms. The lowest BCUT2D eigenvalue weighted by atomic mass is 10.1. The lowest BCUT2D eigenvalue weighted by Gasteiger charge is -2.08. The molecule has 0 bridgehead atoms. The molecule has 0 aromatic heterocycles. The Balaban J connectivity index is 2.78. The third-order valence-corrected chi connectivity index (χ3v) is 2.15. The maximum Gasteiger partial charge on any atom is 0.337 e. The molecule has 0 radical (unpaired) electrons. The number of hydrogen-bond acceptors (Lipinski definition) is 2. The van der Waals surface area contributed by atoms with Gasteiger partial charge in [-0.1, -0.05) is 6.07 Å². The number of carbonyl (C=O) groups is 1. The summed E-state index contributed by atoms with van der Waals surface area (Å²) in [4.78, 5) is 11.0. The fourth-order valence-corrected chi connectivity index (χ4v) is 1.38. The van der Waals surface area contributed by atoms with Crippen molar-refractivity contribution in [1.82, 2.24) is 0 Å². The van der Waals surface area contributed by atoms with Gasteiger partial charge in [-0.05, 0) is 31.5 Å². The van der Waals surface area contributed by atoms with Crippen molar-refractivity contribution in [1.29, 1.82) is 0 Å². The maximum absolute atomic E-state index is 11.0. The Morgan fingerprint density at radius 3 is 2.88 bits per heavy atom. The first kappa shape index (κ1) is 12.1. The summed E-state index contributed by atoms with van der Waals surface area (Å²) in [5.41, 5.74) is 1.99. The minimum absolute atomic E-state index is 0.301. The van der Waals surface area contributed by atoms with Gasteiger partial charge in [0.15, 0.2) is 0 Å². The molecule has 0 saturated heterocycles. The Morgan fingerprint density at radius 2 is 2.25 bits per heavy atom. The molecule has 1 rings (SSSR count). The van der Waals surface area contributed by atoms with Gasteiger partial charge >= 0.3 is 5.97 Å². The Labute approximate surface area is 95.5 Å². The van der Waals surface area contributed by atoms with Crippen molar-refractivity contribution >= 4 is 11.7 Å². The third-order valence-electron chi connectivity index (χ3n) is 2.15. The molecule has 1 aromatic carbocycles. The van der Waals surface area contributed by atoms with E-state index in [1.165, 1.54) is 0 Å². The van der Waals surface area contributed by atoms with Gasteiger partial charge in [-0.2, -0.15) is 0 Å². The van der Waals surface area contributed by atoms with Gasteiger partial charge in [0.05, 0.1) is 5.56 Å². The molecule has 0 saturated carbocycles. The summed E-state index contributed by atoms with van der Waals surface area (Å²) < 4.78 is 0. The maximum atomic E-state index is 11.0. The summed E-state index contributed by atoms with van der Waals surface area (Å²) >= 11 is 0. The number of carboxylic acid groups (broad SMARTS) is 1. The average Bonchev–Trinajstić information content (AvgIpc) is 2.24. The highest BCUT2D eigenvalue weighted by Gasteiger charge is 2.08. The number of carboxylic acids is 1.